The van der Waals surface area contributed by atoms with Crippen molar-refractivity contribution in [3.8, 4) is 0 Å². The lowest BCUT2D eigenvalue weighted by atomic mass is 10.2. The van der Waals surface area contributed by atoms with Crippen LogP contribution in [-0.4, -0.2) is 15.0 Å². The van der Waals surface area contributed by atoms with Crippen LogP contribution in [0.25, 0.3) is 0 Å². The summed E-state index contributed by atoms with van der Waals surface area (Å²) in [6, 6.07) is 8.26. The molecule has 1 aromatic carbocycles. The Morgan fingerprint density at radius 1 is 1.31 bits per heavy atom. The number of halogens is 1. The van der Waals surface area contributed by atoms with Crippen molar-refractivity contribution in [3.05, 3.63) is 41.7 Å². The smallest absolute Gasteiger partial charge is 0.0929 e. The van der Waals surface area contributed by atoms with Crippen LogP contribution in [-0.2, 0) is 18.7 Å². The number of hydrogen-bond donors (Lipinski definition) is 0. The van der Waals surface area contributed by atoms with Gasteiger partial charge in [-0.15, -0.1) is 28.5 Å². The molecule has 0 spiro atoms. The lowest BCUT2D eigenvalue weighted by Crippen LogP contribution is -1.85. The molecule has 2 rings (SSSR count). The number of alkyl halides is 1. The standard InChI is InChI=1S/C11H12ClN3S/c1-15-7-10(13-14-15)8-16-11-4-2-9(6-12)3-5-11/h2-5,7H,6,8H2,1H3. The molecule has 0 saturated heterocycles. The van der Waals surface area contributed by atoms with E-state index in [2.05, 4.69) is 22.4 Å². The van der Waals surface area contributed by atoms with E-state index in [0.29, 0.717) is 5.88 Å². The van der Waals surface area contributed by atoms with Crippen molar-refractivity contribution in [2.75, 3.05) is 0 Å². The minimum absolute atomic E-state index is 0.565. The maximum absolute atomic E-state index is 5.73. The number of aryl methyl sites for hydroxylation is 1. The van der Waals surface area contributed by atoms with Crippen LogP contribution in [0, 0.1) is 0 Å². The third-order valence-electron chi connectivity index (χ3n) is 2.11. The third kappa shape index (κ3) is 3.00. The Labute approximate surface area is 104 Å². The first kappa shape index (κ1) is 11.5. The highest BCUT2D eigenvalue weighted by Gasteiger charge is 2.00. The highest BCUT2D eigenvalue weighted by molar-refractivity contribution is 7.98. The Balaban J connectivity index is 1.94. The molecule has 0 saturated carbocycles. The molecule has 0 fully saturated rings. The number of hydrogen-bond acceptors (Lipinski definition) is 3. The van der Waals surface area contributed by atoms with Crippen molar-refractivity contribution in [1.29, 1.82) is 0 Å². The van der Waals surface area contributed by atoms with Crippen molar-refractivity contribution >= 4 is 23.4 Å². The van der Waals surface area contributed by atoms with Crippen LogP contribution in [0.4, 0.5) is 0 Å². The molecule has 1 heterocycles. The molecule has 0 unspecified atom stereocenters. The molecular weight excluding hydrogens is 242 g/mol. The topological polar surface area (TPSA) is 30.7 Å². The third-order valence-corrected chi connectivity index (χ3v) is 3.47. The number of thioether (sulfide) groups is 1. The average molecular weight is 254 g/mol. The van der Waals surface area contributed by atoms with Gasteiger partial charge in [-0.3, -0.25) is 4.68 Å². The fourth-order valence-corrected chi connectivity index (χ4v) is 2.25. The Kier molecular flexibility index (Phi) is 3.85. The maximum Gasteiger partial charge on any atom is 0.0929 e. The normalized spacial score (nSPS) is 10.6. The lowest BCUT2D eigenvalue weighted by molar-refractivity contribution is 0.714. The van der Waals surface area contributed by atoms with E-state index >= 15 is 0 Å². The van der Waals surface area contributed by atoms with Gasteiger partial charge < -0.3 is 0 Å². The monoisotopic (exact) mass is 253 g/mol. The van der Waals surface area contributed by atoms with Crippen molar-refractivity contribution in [1.82, 2.24) is 15.0 Å². The van der Waals surface area contributed by atoms with E-state index in [1.807, 2.05) is 25.4 Å². The number of aromatic nitrogens is 3. The molecule has 3 nitrogen and oxygen atoms in total. The van der Waals surface area contributed by atoms with Gasteiger partial charge in [-0.25, -0.2) is 0 Å². The second-order valence-electron chi connectivity index (χ2n) is 3.45. The zero-order chi connectivity index (χ0) is 11.4. The second kappa shape index (κ2) is 5.37. The van der Waals surface area contributed by atoms with Gasteiger partial charge in [0.05, 0.1) is 5.69 Å². The largest absolute Gasteiger partial charge is 0.255 e. The van der Waals surface area contributed by atoms with Crippen molar-refractivity contribution in [2.24, 2.45) is 7.05 Å². The lowest BCUT2D eigenvalue weighted by Gasteiger charge is -2.00. The first-order valence-electron chi connectivity index (χ1n) is 4.91. The molecule has 0 aliphatic heterocycles. The molecule has 2 aromatic rings. The highest BCUT2D eigenvalue weighted by Crippen LogP contribution is 2.22. The minimum Gasteiger partial charge on any atom is -0.255 e. The minimum atomic E-state index is 0.565. The SMILES string of the molecule is Cn1cc(CSc2ccc(CCl)cc2)nn1. The predicted octanol–water partition coefficient (Wildman–Crippen LogP) is 2.85. The Morgan fingerprint density at radius 2 is 2.06 bits per heavy atom. The van der Waals surface area contributed by atoms with Crippen LogP contribution in [0.2, 0.25) is 0 Å². The van der Waals surface area contributed by atoms with E-state index < -0.39 is 0 Å². The molecule has 16 heavy (non-hydrogen) atoms. The van der Waals surface area contributed by atoms with Gasteiger partial charge in [0.15, 0.2) is 0 Å². The fraction of sp³-hybridized carbons (Fsp3) is 0.273. The van der Waals surface area contributed by atoms with Gasteiger partial charge in [-0.2, -0.15) is 0 Å². The maximum atomic E-state index is 5.73. The van der Waals surface area contributed by atoms with Crippen molar-refractivity contribution in [2.45, 2.75) is 16.5 Å². The van der Waals surface area contributed by atoms with Crippen LogP contribution in [0.5, 0.6) is 0 Å². The highest BCUT2D eigenvalue weighted by atomic mass is 35.5. The van der Waals surface area contributed by atoms with E-state index in [1.54, 1.807) is 16.4 Å². The zero-order valence-electron chi connectivity index (χ0n) is 8.93. The van der Waals surface area contributed by atoms with Crippen LogP contribution >= 0.6 is 23.4 Å². The number of benzene rings is 1. The molecule has 0 radical (unpaired) electrons. The quantitative estimate of drug-likeness (QED) is 0.620. The molecule has 0 bridgehead atoms. The van der Waals surface area contributed by atoms with Crippen LogP contribution in [0.1, 0.15) is 11.3 Å². The van der Waals surface area contributed by atoms with E-state index in [0.717, 1.165) is 17.0 Å². The molecule has 0 amide bonds. The summed E-state index contributed by atoms with van der Waals surface area (Å²) in [5, 5.41) is 7.93. The van der Waals surface area contributed by atoms with Crippen LogP contribution in [0.3, 0.4) is 0 Å². The Hall–Kier alpha value is -1.00. The Bertz CT molecular complexity index is 453. The summed E-state index contributed by atoms with van der Waals surface area (Å²) in [7, 11) is 1.87. The zero-order valence-corrected chi connectivity index (χ0v) is 10.5. The van der Waals surface area contributed by atoms with Gasteiger partial charge in [-0.05, 0) is 17.7 Å². The molecule has 0 aliphatic rings. The first-order chi connectivity index (χ1) is 7.78. The van der Waals surface area contributed by atoms with E-state index in [9.17, 15) is 0 Å². The summed E-state index contributed by atoms with van der Waals surface area (Å²) < 4.78 is 1.71. The van der Waals surface area contributed by atoms with Gasteiger partial charge in [0.2, 0.25) is 0 Å². The summed E-state index contributed by atoms with van der Waals surface area (Å²) in [4.78, 5) is 1.22. The summed E-state index contributed by atoms with van der Waals surface area (Å²) in [6.07, 6.45) is 1.93. The fourth-order valence-electron chi connectivity index (χ4n) is 1.29. The summed E-state index contributed by atoms with van der Waals surface area (Å²) in [5.41, 5.74) is 2.14. The van der Waals surface area contributed by atoms with Crippen molar-refractivity contribution in [3.63, 3.8) is 0 Å². The average Bonchev–Trinajstić information content (AvgIpc) is 2.73. The van der Waals surface area contributed by atoms with Gasteiger partial charge in [0.1, 0.15) is 0 Å². The molecular formula is C11H12ClN3S. The second-order valence-corrected chi connectivity index (χ2v) is 4.77. The van der Waals surface area contributed by atoms with Gasteiger partial charge >= 0.3 is 0 Å². The molecule has 0 N–H and O–H groups in total. The van der Waals surface area contributed by atoms with Gasteiger partial charge in [-0.1, -0.05) is 17.3 Å². The Morgan fingerprint density at radius 3 is 2.62 bits per heavy atom. The summed E-state index contributed by atoms with van der Waals surface area (Å²) >= 11 is 7.47. The molecule has 0 atom stereocenters. The van der Waals surface area contributed by atoms with E-state index in [4.69, 9.17) is 11.6 Å². The molecule has 5 heteroatoms. The molecule has 84 valence electrons. The van der Waals surface area contributed by atoms with Gasteiger partial charge in [0.25, 0.3) is 0 Å². The first-order valence-corrected chi connectivity index (χ1v) is 6.43. The van der Waals surface area contributed by atoms with Crippen LogP contribution in [0.15, 0.2) is 35.4 Å². The summed E-state index contributed by atoms with van der Waals surface area (Å²) in [5.74, 6) is 1.41. The van der Waals surface area contributed by atoms with Crippen molar-refractivity contribution < 1.29 is 0 Å². The van der Waals surface area contributed by atoms with E-state index in [1.165, 1.54) is 4.90 Å². The number of nitrogens with zero attached hydrogens (tertiary/aromatic N) is 3. The van der Waals surface area contributed by atoms with Gasteiger partial charge in [0, 0.05) is 29.8 Å². The van der Waals surface area contributed by atoms with Crippen LogP contribution < -0.4 is 0 Å². The molecule has 0 aliphatic carbocycles. The van der Waals surface area contributed by atoms with E-state index in [-0.39, 0.29) is 0 Å². The number of rotatable bonds is 4. The summed E-state index contributed by atoms with van der Waals surface area (Å²) in [6.45, 7) is 0. The molecule has 1 aromatic heterocycles. The predicted molar refractivity (Wildman–Crippen MR) is 66.6 cm³/mol.